The van der Waals surface area contributed by atoms with Crippen LogP contribution in [-0.2, 0) is 11.3 Å². The lowest BCUT2D eigenvalue weighted by molar-refractivity contribution is 0.128. The number of pyridine rings is 1. The summed E-state index contributed by atoms with van der Waals surface area (Å²) in [5.74, 6) is 0.912. The van der Waals surface area contributed by atoms with Gasteiger partial charge in [0, 0.05) is 31.4 Å². The highest BCUT2D eigenvalue weighted by molar-refractivity contribution is 5.39. The molecule has 0 amide bonds. The molecule has 1 aromatic rings. The van der Waals surface area contributed by atoms with E-state index in [0.29, 0.717) is 0 Å². The molecule has 1 unspecified atom stereocenters. The largest absolute Gasteiger partial charge is 0.380 e. The van der Waals surface area contributed by atoms with Crippen molar-refractivity contribution in [1.29, 1.82) is 0 Å². The molecule has 0 aliphatic rings. The number of nitrogens with zero attached hydrogens (tertiary/aromatic N) is 1. The summed E-state index contributed by atoms with van der Waals surface area (Å²) in [6.07, 6.45) is 0.179. The minimum Gasteiger partial charge on any atom is -0.380 e. The smallest absolute Gasteiger partial charge is 0.126 e. The zero-order valence-electron chi connectivity index (χ0n) is 13.0. The molecule has 0 aliphatic carbocycles. The summed E-state index contributed by atoms with van der Waals surface area (Å²) < 4.78 is 5.22. The van der Waals surface area contributed by atoms with E-state index in [0.717, 1.165) is 24.6 Å². The third kappa shape index (κ3) is 6.55. The van der Waals surface area contributed by atoms with Crippen molar-refractivity contribution in [2.45, 2.75) is 52.8 Å². The van der Waals surface area contributed by atoms with Crippen LogP contribution in [-0.4, -0.2) is 30.3 Å². The second-order valence-corrected chi connectivity index (χ2v) is 6.03. The summed E-state index contributed by atoms with van der Waals surface area (Å²) in [5, 5.41) is 6.80. The van der Waals surface area contributed by atoms with Gasteiger partial charge in [0.05, 0.1) is 6.10 Å². The number of methoxy groups -OCH3 is 1. The molecule has 0 bridgehead atoms. The molecule has 19 heavy (non-hydrogen) atoms. The number of aromatic nitrogens is 1. The molecule has 108 valence electrons. The second kappa shape index (κ2) is 6.87. The average Bonchev–Trinajstić information content (AvgIpc) is 2.32. The van der Waals surface area contributed by atoms with Crippen LogP contribution in [0.3, 0.4) is 0 Å². The van der Waals surface area contributed by atoms with Gasteiger partial charge in [0.25, 0.3) is 0 Å². The van der Waals surface area contributed by atoms with E-state index in [1.54, 1.807) is 7.11 Å². The van der Waals surface area contributed by atoms with E-state index < -0.39 is 0 Å². The zero-order chi connectivity index (χ0) is 14.5. The van der Waals surface area contributed by atoms with Crippen LogP contribution in [0, 0.1) is 6.92 Å². The van der Waals surface area contributed by atoms with Gasteiger partial charge in [-0.15, -0.1) is 0 Å². The molecule has 4 nitrogen and oxygen atoms in total. The molecule has 0 spiro atoms. The first-order chi connectivity index (χ1) is 8.80. The SMILES string of the molecule is COC(C)CNc1cc(CNC(C)(C)C)cc(C)n1. The van der Waals surface area contributed by atoms with Gasteiger partial charge in [0.2, 0.25) is 0 Å². The van der Waals surface area contributed by atoms with Gasteiger partial charge in [0.1, 0.15) is 5.82 Å². The third-order valence-corrected chi connectivity index (χ3v) is 2.81. The third-order valence-electron chi connectivity index (χ3n) is 2.81. The first-order valence-corrected chi connectivity index (χ1v) is 6.79. The molecule has 1 rings (SSSR count). The van der Waals surface area contributed by atoms with Crippen LogP contribution < -0.4 is 10.6 Å². The average molecular weight is 265 g/mol. The van der Waals surface area contributed by atoms with Crippen LogP contribution in [0.25, 0.3) is 0 Å². The van der Waals surface area contributed by atoms with E-state index in [-0.39, 0.29) is 11.6 Å². The molecule has 0 aliphatic heterocycles. The first-order valence-electron chi connectivity index (χ1n) is 6.79. The number of hydrogen-bond acceptors (Lipinski definition) is 4. The minimum atomic E-state index is 0.120. The molecule has 0 saturated heterocycles. The molecule has 1 aromatic heterocycles. The Hall–Kier alpha value is -1.13. The highest BCUT2D eigenvalue weighted by Gasteiger charge is 2.09. The van der Waals surface area contributed by atoms with Crippen LogP contribution in [0.4, 0.5) is 5.82 Å². The van der Waals surface area contributed by atoms with Crippen molar-refractivity contribution in [3.05, 3.63) is 23.4 Å². The predicted octanol–water partition coefficient (Wildman–Crippen LogP) is 2.72. The molecule has 0 fully saturated rings. The van der Waals surface area contributed by atoms with E-state index in [2.05, 4.69) is 48.5 Å². The van der Waals surface area contributed by atoms with Crippen LogP contribution >= 0.6 is 0 Å². The number of aryl methyl sites for hydroxylation is 1. The number of ether oxygens (including phenoxy) is 1. The Bertz CT molecular complexity index is 399. The monoisotopic (exact) mass is 265 g/mol. The minimum absolute atomic E-state index is 0.120. The van der Waals surface area contributed by atoms with Gasteiger partial charge in [-0.3, -0.25) is 0 Å². The first kappa shape index (κ1) is 15.9. The van der Waals surface area contributed by atoms with Gasteiger partial charge in [-0.1, -0.05) is 0 Å². The Kier molecular flexibility index (Phi) is 5.76. The fourth-order valence-corrected chi connectivity index (χ4v) is 1.63. The Morgan fingerprint density at radius 3 is 2.58 bits per heavy atom. The quantitative estimate of drug-likeness (QED) is 0.830. The van der Waals surface area contributed by atoms with Crippen molar-refractivity contribution in [2.24, 2.45) is 0 Å². The van der Waals surface area contributed by atoms with Crippen molar-refractivity contribution in [2.75, 3.05) is 19.0 Å². The maximum Gasteiger partial charge on any atom is 0.126 e. The standard InChI is InChI=1S/C15H27N3O/c1-11-7-13(10-17-15(3,4)5)8-14(18-11)16-9-12(2)19-6/h7-8,12,17H,9-10H2,1-6H3,(H,16,18). The molecule has 0 radical (unpaired) electrons. The van der Waals surface area contributed by atoms with Crippen LogP contribution in [0.1, 0.15) is 39.0 Å². The Balaban J connectivity index is 2.66. The van der Waals surface area contributed by atoms with Gasteiger partial charge < -0.3 is 15.4 Å². The predicted molar refractivity (Wildman–Crippen MR) is 80.5 cm³/mol. The van der Waals surface area contributed by atoms with E-state index in [4.69, 9.17) is 4.74 Å². The maximum atomic E-state index is 5.22. The zero-order valence-corrected chi connectivity index (χ0v) is 13.0. The molecular formula is C15H27N3O. The van der Waals surface area contributed by atoms with E-state index in [1.165, 1.54) is 5.56 Å². The summed E-state index contributed by atoms with van der Waals surface area (Å²) in [6.45, 7) is 12.2. The van der Waals surface area contributed by atoms with E-state index in [9.17, 15) is 0 Å². The van der Waals surface area contributed by atoms with Gasteiger partial charge in [-0.25, -0.2) is 4.98 Å². The van der Waals surface area contributed by atoms with Crippen molar-refractivity contribution in [1.82, 2.24) is 10.3 Å². The molecule has 0 saturated carbocycles. The van der Waals surface area contributed by atoms with Crippen molar-refractivity contribution >= 4 is 5.82 Å². The lowest BCUT2D eigenvalue weighted by Gasteiger charge is -2.21. The molecule has 4 heteroatoms. The fraction of sp³-hybridized carbons (Fsp3) is 0.667. The Morgan fingerprint density at radius 2 is 2.00 bits per heavy atom. The maximum absolute atomic E-state index is 5.22. The Morgan fingerprint density at radius 1 is 1.32 bits per heavy atom. The number of hydrogen-bond donors (Lipinski definition) is 2. The molecule has 1 atom stereocenters. The van der Waals surface area contributed by atoms with Crippen molar-refractivity contribution < 1.29 is 4.74 Å². The Labute approximate surface area is 117 Å². The highest BCUT2D eigenvalue weighted by Crippen LogP contribution is 2.12. The number of rotatable bonds is 6. The molecule has 1 heterocycles. The van der Waals surface area contributed by atoms with Crippen LogP contribution in [0.5, 0.6) is 0 Å². The topological polar surface area (TPSA) is 46.2 Å². The fourth-order valence-electron chi connectivity index (χ4n) is 1.63. The number of nitrogens with one attached hydrogen (secondary N) is 2. The van der Waals surface area contributed by atoms with Gasteiger partial charge in [-0.05, 0) is 52.3 Å². The van der Waals surface area contributed by atoms with E-state index >= 15 is 0 Å². The number of anilines is 1. The summed E-state index contributed by atoms with van der Waals surface area (Å²) in [4.78, 5) is 4.49. The van der Waals surface area contributed by atoms with Gasteiger partial charge in [-0.2, -0.15) is 0 Å². The normalized spacial score (nSPS) is 13.4. The van der Waals surface area contributed by atoms with Gasteiger partial charge in [0.15, 0.2) is 0 Å². The molecular weight excluding hydrogens is 238 g/mol. The summed E-state index contributed by atoms with van der Waals surface area (Å²) in [7, 11) is 1.72. The summed E-state index contributed by atoms with van der Waals surface area (Å²) in [6, 6.07) is 4.21. The van der Waals surface area contributed by atoms with Crippen molar-refractivity contribution in [3.8, 4) is 0 Å². The molecule has 0 aromatic carbocycles. The van der Waals surface area contributed by atoms with Gasteiger partial charge >= 0.3 is 0 Å². The van der Waals surface area contributed by atoms with Crippen LogP contribution in [0.15, 0.2) is 12.1 Å². The molecule has 2 N–H and O–H groups in total. The lowest BCUT2D eigenvalue weighted by Crippen LogP contribution is -2.35. The lowest BCUT2D eigenvalue weighted by atomic mass is 10.1. The van der Waals surface area contributed by atoms with E-state index in [1.807, 2.05) is 13.8 Å². The second-order valence-electron chi connectivity index (χ2n) is 6.03. The summed E-state index contributed by atoms with van der Waals surface area (Å²) in [5.41, 5.74) is 2.39. The highest BCUT2D eigenvalue weighted by atomic mass is 16.5. The van der Waals surface area contributed by atoms with Crippen molar-refractivity contribution in [3.63, 3.8) is 0 Å². The summed E-state index contributed by atoms with van der Waals surface area (Å²) >= 11 is 0. The van der Waals surface area contributed by atoms with Crippen LogP contribution in [0.2, 0.25) is 0 Å².